The van der Waals surface area contributed by atoms with Crippen molar-refractivity contribution in [2.45, 2.75) is 30.3 Å². The molecule has 0 bridgehead atoms. The SMILES string of the molecule is CN1CCC(NS(=O)(=O)c2cccc(F)c2CN)CC1. The van der Waals surface area contributed by atoms with Crippen LogP contribution in [-0.2, 0) is 16.6 Å². The molecule has 0 spiro atoms. The number of halogens is 1. The minimum atomic E-state index is -3.73. The van der Waals surface area contributed by atoms with E-state index in [1.54, 1.807) is 0 Å². The van der Waals surface area contributed by atoms with Crippen LogP contribution >= 0.6 is 0 Å². The van der Waals surface area contributed by atoms with Crippen molar-refractivity contribution in [3.63, 3.8) is 0 Å². The van der Waals surface area contributed by atoms with Crippen molar-refractivity contribution in [2.24, 2.45) is 5.73 Å². The fourth-order valence-corrected chi connectivity index (χ4v) is 3.96. The summed E-state index contributed by atoms with van der Waals surface area (Å²) in [6.45, 7) is 1.55. The Bertz CT molecular complexity index is 569. The van der Waals surface area contributed by atoms with Crippen LogP contribution in [0.4, 0.5) is 4.39 Å². The summed E-state index contributed by atoms with van der Waals surface area (Å²) in [7, 11) is -1.73. The Labute approximate surface area is 119 Å². The number of sulfonamides is 1. The third-order valence-electron chi connectivity index (χ3n) is 3.61. The van der Waals surface area contributed by atoms with Crippen LogP contribution in [0.25, 0.3) is 0 Å². The van der Waals surface area contributed by atoms with Crippen LogP contribution in [-0.4, -0.2) is 39.5 Å². The third-order valence-corrected chi connectivity index (χ3v) is 5.22. The maximum Gasteiger partial charge on any atom is 0.241 e. The first-order valence-electron chi connectivity index (χ1n) is 6.62. The summed E-state index contributed by atoms with van der Waals surface area (Å²) in [5.74, 6) is -0.584. The standard InChI is InChI=1S/C13H20FN3O2S/c1-17-7-5-10(6-8-17)16-20(18,19)13-4-2-3-12(14)11(13)9-15/h2-4,10,16H,5-9,15H2,1H3. The van der Waals surface area contributed by atoms with E-state index in [0.29, 0.717) is 0 Å². The molecule has 0 unspecified atom stereocenters. The Morgan fingerprint density at radius 1 is 1.40 bits per heavy atom. The number of hydrogen-bond acceptors (Lipinski definition) is 4. The smallest absolute Gasteiger partial charge is 0.241 e. The summed E-state index contributed by atoms with van der Waals surface area (Å²) in [6.07, 6.45) is 1.51. The number of likely N-dealkylation sites (tertiary alicyclic amines) is 1. The summed E-state index contributed by atoms with van der Waals surface area (Å²) >= 11 is 0. The molecule has 0 saturated carbocycles. The Morgan fingerprint density at radius 2 is 2.05 bits per heavy atom. The quantitative estimate of drug-likeness (QED) is 0.856. The highest BCUT2D eigenvalue weighted by molar-refractivity contribution is 7.89. The van der Waals surface area contributed by atoms with Crippen LogP contribution < -0.4 is 10.5 Å². The first-order chi connectivity index (χ1) is 9.44. The monoisotopic (exact) mass is 301 g/mol. The summed E-state index contributed by atoms with van der Waals surface area (Å²) in [4.78, 5) is 2.09. The highest BCUT2D eigenvalue weighted by Crippen LogP contribution is 2.20. The molecular weight excluding hydrogens is 281 g/mol. The van der Waals surface area contributed by atoms with Gasteiger partial charge in [-0.1, -0.05) is 6.07 Å². The molecule has 3 N–H and O–H groups in total. The summed E-state index contributed by atoms with van der Waals surface area (Å²) in [6, 6.07) is 3.89. The predicted octanol–water partition coefficient (Wildman–Crippen LogP) is 0.657. The van der Waals surface area contributed by atoms with E-state index < -0.39 is 15.8 Å². The van der Waals surface area contributed by atoms with Crippen molar-refractivity contribution >= 4 is 10.0 Å². The predicted molar refractivity (Wildman–Crippen MR) is 75.1 cm³/mol. The number of nitrogens with two attached hydrogens (primary N) is 1. The van der Waals surface area contributed by atoms with E-state index in [1.165, 1.54) is 18.2 Å². The molecule has 112 valence electrons. The van der Waals surface area contributed by atoms with E-state index in [9.17, 15) is 12.8 Å². The first kappa shape index (κ1) is 15.4. The number of nitrogens with zero attached hydrogens (tertiary/aromatic N) is 1. The van der Waals surface area contributed by atoms with Gasteiger partial charge in [-0.2, -0.15) is 0 Å². The summed E-state index contributed by atoms with van der Waals surface area (Å²) in [5.41, 5.74) is 5.50. The molecule has 2 rings (SSSR count). The van der Waals surface area contributed by atoms with Crippen LogP contribution in [0, 0.1) is 5.82 Å². The molecule has 0 aliphatic carbocycles. The number of hydrogen-bond donors (Lipinski definition) is 2. The molecule has 1 fully saturated rings. The van der Waals surface area contributed by atoms with Crippen molar-refractivity contribution in [3.05, 3.63) is 29.6 Å². The zero-order valence-electron chi connectivity index (χ0n) is 11.5. The average molecular weight is 301 g/mol. The normalized spacial score (nSPS) is 18.4. The molecule has 0 aromatic heterocycles. The molecule has 1 aliphatic heterocycles. The molecular formula is C13H20FN3O2S. The summed E-state index contributed by atoms with van der Waals surface area (Å²) < 4.78 is 41.0. The Balaban J connectivity index is 2.21. The molecule has 20 heavy (non-hydrogen) atoms. The zero-order chi connectivity index (χ0) is 14.8. The highest BCUT2D eigenvalue weighted by atomic mass is 32.2. The number of nitrogens with one attached hydrogen (secondary N) is 1. The van der Waals surface area contributed by atoms with Gasteiger partial charge < -0.3 is 10.6 Å². The second-order valence-electron chi connectivity index (χ2n) is 5.12. The zero-order valence-corrected chi connectivity index (χ0v) is 12.3. The van der Waals surface area contributed by atoms with Gasteiger partial charge in [0.2, 0.25) is 10.0 Å². The molecule has 1 aromatic carbocycles. The van der Waals surface area contributed by atoms with Gasteiger partial charge in [0, 0.05) is 18.2 Å². The molecule has 0 atom stereocenters. The lowest BCUT2D eigenvalue weighted by Crippen LogP contribution is -2.43. The number of piperidine rings is 1. The van der Waals surface area contributed by atoms with Crippen molar-refractivity contribution in [2.75, 3.05) is 20.1 Å². The van der Waals surface area contributed by atoms with Crippen LogP contribution in [0.5, 0.6) is 0 Å². The first-order valence-corrected chi connectivity index (χ1v) is 8.10. The van der Waals surface area contributed by atoms with Gasteiger partial charge in [0.25, 0.3) is 0 Å². The molecule has 1 aliphatic rings. The summed E-state index contributed by atoms with van der Waals surface area (Å²) in [5, 5.41) is 0. The van der Waals surface area contributed by atoms with Gasteiger partial charge >= 0.3 is 0 Å². The Morgan fingerprint density at radius 3 is 2.65 bits per heavy atom. The van der Waals surface area contributed by atoms with E-state index >= 15 is 0 Å². The van der Waals surface area contributed by atoms with E-state index in [4.69, 9.17) is 5.73 Å². The van der Waals surface area contributed by atoms with Crippen LogP contribution in [0.15, 0.2) is 23.1 Å². The van der Waals surface area contributed by atoms with Crippen molar-refractivity contribution in [3.8, 4) is 0 Å². The third kappa shape index (κ3) is 3.35. The van der Waals surface area contributed by atoms with E-state index in [1.807, 2.05) is 7.05 Å². The molecule has 1 saturated heterocycles. The second-order valence-corrected chi connectivity index (χ2v) is 6.80. The topological polar surface area (TPSA) is 75.4 Å². The Kier molecular flexibility index (Phi) is 4.74. The average Bonchev–Trinajstić information content (AvgIpc) is 2.41. The van der Waals surface area contributed by atoms with Crippen LogP contribution in [0.1, 0.15) is 18.4 Å². The van der Waals surface area contributed by atoms with Gasteiger partial charge in [-0.25, -0.2) is 17.5 Å². The molecule has 0 radical (unpaired) electrons. The number of benzene rings is 1. The second kappa shape index (κ2) is 6.17. The van der Waals surface area contributed by atoms with Crippen LogP contribution in [0.3, 0.4) is 0 Å². The van der Waals surface area contributed by atoms with E-state index in [-0.39, 0.29) is 23.0 Å². The lowest BCUT2D eigenvalue weighted by Gasteiger charge is -2.29. The highest BCUT2D eigenvalue weighted by Gasteiger charge is 2.25. The number of rotatable bonds is 4. The minimum absolute atomic E-state index is 0.0351. The van der Waals surface area contributed by atoms with Crippen LogP contribution in [0.2, 0.25) is 0 Å². The van der Waals surface area contributed by atoms with E-state index in [2.05, 4.69) is 9.62 Å². The van der Waals surface area contributed by atoms with Crippen molar-refractivity contribution < 1.29 is 12.8 Å². The minimum Gasteiger partial charge on any atom is -0.326 e. The van der Waals surface area contributed by atoms with Gasteiger partial charge in [0.15, 0.2) is 0 Å². The van der Waals surface area contributed by atoms with Gasteiger partial charge in [-0.15, -0.1) is 0 Å². The lowest BCUT2D eigenvalue weighted by atomic mass is 10.1. The molecule has 1 heterocycles. The lowest BCUT2D eigenvalue weighted by molar-refractivity contribution is 0.248. The maximum atomic E-state index is 13.6. The van der Waals surface area contributed by atoms with Crippen molar-refractivity contribution in [1.82, 2.24) is 9.62 Å². The largest absolute Gasteiger partial charge is 0.326 e. The van der Waals surface area contributed by atoms with Crippen molar-refractivity contribution in [1.29, 1.82) is 0 Å². The fourth-order valence-electron chi connectivity index (χ4n) is 2.40. The molecule has 7 heteroatoms. The molecule has 0 amide bonds. The fraction of sp³-hybridized carbons (Fsp3) is 0.538. The molecule has 1 aromatic rings. The Hall–Kier alpha value is -1.02. The van der Waals surface area contributed by atoms with E-state index in [0.717, 1.165) is 25.9 Å². The van der Waals surface area contributed by atoms with Gasteiger partial charge in [-0.05, 0) is 45.1 Å². The van der Waals surface area contributed by atoms with Gasteiger partial charge in [-0.3, -0.25) is 0 Å². The maximum absolute atomic E-state index is 13.6. The van der Waals surface area contributed by atoms with Gasteiger partial charge in [0.1, 0.15) is 5.82 Å². The van der Waals surface area contributed by atoms with Gasteiger partial charge in [0.05, 0.1) is 4.90 Å². The molecule has 5 nitrogen and oxygen atoms in total.